The number of carbonyl (C=O) groups excluding carboxylic acids is 2. The molecule has 1 aliphatic heterocycles. The minimum atomic E-state index is -1.14. The predicted molar refractivity (Wildman–Crippen MR) is 117 cm³/mol. The number of benzene rings is 3. The fourth-order valence-electron chi connectivity index (χ4n) is 5.72. The Morgan fingerprint density at radius 3 is 1.43 bits per heavy atom. The second-order valence-electron chi connectivity index (χ2n) is 8.27. The Morgan fingerprint density at radius 2 is 1.03 bits per heavy atom. The van der Waals surface area contributed by atoms with E-state index in [9.17, 15) is 9.59 Å². The van der Waals surface area contributed by atoms with Crippen LogP contribution in [0, 0.1) is 18.8 Å². The lowest BCUT2D eigenvalue weighted by Gasteiger charge is -2.54. The van der Waals surface area contributed by atoms with E-state index in [2.05, 4.69) is 0 Å². The van der Waals surface area contributed by atoms with Gasteiger partial charge >= 0.3 is 0 Å². The lowest BCUT2D eigenvalue weighted by molar-refractivity contribution is -0.122. The van der Waals surface area contributed by atoms with Crippen molar-refractivity contribution in [2.45, 2.75) is 16.7 Å². The van der Waals surface area contributed by atoms with Crippen molar-refractivity contribution < 1.29 is 9.59 Å². The Morgan fingerprint density at radius 1 is 0.667 bits per heavy atom. The molecule has 2 atom stereocenters. The Bertz CT molecular complexity index is 1150. The number of carbonyl (C=O) groups is 2. The molecule has 1 saturated heterocycles. The molecule has 3 nitrogen and oxygen atoms in total. The van der Waals surface area contributed by atoms with E-state index in [1.807, 2.05) is 73.7 Å². The second-order valence-corrected chi connectivity index (χ2v) is 9.46. The van der Waals surface area contributed by atoms with Gasteiger partial charge in [0.05, 0.1) is 17.5 Å². The molecule has 1 heterocycles. The van der Waals surface area contributed by atoms with E-state index in [0.717, 1.165) is 27.8 Å². The van der Waals surface area contributed by atoms with Gasteiger partial charge in [-0.2, -0.15) is 0 Å². The average Bonchev–Trinajstić information content (AvgIpc) is 3.04. The number of alkyl halides is 2. The fraction of sp³-hybridized carbons (Fsp3) is 0.200. The maximum absolute atomic E-state index is 13.8. The molecule has 3 aromatic carbocycles. The zero-order chi connectivity index (χ0) is 20.8. The number of hydrogen-bond acceptors (Lipinski definition) is 2. The normalized spacial score (nSPS) is 30.8. The summed E-state index contributed by atoms with van der Waals surface area (Å²) in [5.41, 5.74) is 4.70. The smallest absolute Gasteiger partial charge is 0.240 e. The third kappa shape index (κ3) is 1.85. The van der Waals surface area contributed by atoms with Crippen LogP contribution in [0.25, 0.3) is 0 Å². The van der Waals surface area contributed by atoms with Crippen LogP contribution in [0.5, 0.6) is 0 Å². The third-order valence-corrected chi connectivity index (χ3v) is 8.23. The molecule has 1 fully saturated rings. The Kier molecular flexibility index (Phi) is 3.48. The van der Waals surface area contributed by atoms with E-state index in [-0.39, 0.29) is 11.8 Å². The van der Waals surface area contributed by atoms with Gasteiger partial charge in [-0.15, -0.1) is 23.2 Å². The summed E-state index contributed by atoms with van der Waals surface area (Å²) in [6.07, 6.45) is 0. The van der Waals surface area contributed by atoms with Crippen LogP contribution in [0.1, 0.15) is 27.8 Å². The number of aryl methyl sites for hydroxylation is 1. The number of imide groups is 1. The summed E-state index contributed by atoms with van der Waals surface area (Å²) >= 11 is 14.8. The van der Waals surface area contributed by atoms with Gasteiger partial charge < -0.3 is 0 Å². The fourth-order valence-corrected chi connectivity index (χ4v) is 6.82. The van der Waals surface area contributed by atoms with Gasteiger partial charge in [0.25, 0.3) is 0 Å². The Labute approximate surface area is 184 Å². The van der Waals surface area contributed by atoms with E-state index >= 15 is 0 Å². The molecule has 0 aromatic heterocycles. The topological polar surface area (TPSA) is 37.4 Å². The number of rotatable bonds is 1. The van der Waals surface area contributed by atoms with Crippen molar-refractivity contribution in [2.75, 3.05) is 4.90 Å². The predicted octanol–water partition coefficient (Wildman–Crippen LogP) is 5.09. The number of anilines is 1. The summed E-state index contributed by atoms with van der Waals surface area (Å²) in [5, 5.41) is 0. The highest BCUT2D eigenvalue weighted by Gasteiger charge is 2.73. The molecule has 7 rings (SSSR count). The summed E-state index contributed by atoms with van der Waals surface area (Å²) in [5.74, 6) is -2.12. The summed E-state index contributed by atoms with van der Waals surface area (Å²) in [7, 11) is 0. The van der Waals surface area contributed by atoms with Crippen molar-refractivity contribution in [1.82, 2.24) is 0 Å². The average molecular weight is 434 g/mol. The van der Waals surface area contributed by atoms with Crippen LogP contribution in [-0.2, 0) is 19.3 Å². The van der Waals surface area contributed by atoms with Crippen LogP contribution < -0.4 is 4.90 Å². The standard InChI is InChI=1S/C25H17Cl2NO2/c1-14-8-2-7-13-19(14)28-22(29)20-21(23(28)30)25(27)16-10-4-3-9-15(16)24(20,26)17-11-5-6-12-18(17)25/h2-13,20-21H,1H3/t20-,21-,24?,25?/m1/s1. The Balaban J connectivity index is 1.68. The highest BCUT2D eigenvalue weighted by molar-refractivity contribution is 6.38. The van der Waals surface area contributed by atoms with E-state index in [1.54, 1.807) is 6.07 Å². The molecule has 0 unspecified atom stereocenters. The largest absolute Gasteiger partial charge is 0.274 e. The van der Waals surface area contributed by atoms with Crippen molar-refractivity contribution in [2.24, 2.45) is 11.8 Å². The van der Waals surface area contributed by atoms with Crippen molar-refractivity contribution in [1.29, 1.82) is 0 Å². The van der Waals surface area contributed by atoms with Crippen LogP contribution in [-0.4, -0.2) is 11.8 Å². The molecule has 3 aromatic rings. The van der Waals surface area contributed by atoms with Gasteiger partial charge in [0.2, 0.25) is 11.8 Å². The highest BCUT2D eigenvalue weighted by atomic mass is 35.5. The highest BCUT2D eigenvalue weighted by Crippen LogP contribution is 2.69. The van der Waals surface area contributed by atoms with E-state index in [4.69, 9.17) is 23.2 Å². The first-order valence-corrected chi connectivity index (χ1v) is 10.7. The van der Waals surface area contributed by atoms with Gasteiger partial charge in [0, 0.05) is 0 Å². The lowest BCUT2D eigenvalue weighted by Crippen LogP contribution is -2.57. The molecule has 4 aliphatic rings. The number of nitrogens with zero attached hydrogens (tertiary/aromatic N) is 1. The molecule has 148 valence electrons. The second kappa shape index (κ2) is 5.75. The van der Waals surface area contributed by atoms with Crippen LogP contribution in [0.2, 0.25) is 0 Å². The molecule has 0 radical (unpaired) electrons. The van der Waals surface area contributed by atoms with Crippen molar-refractivity contribution >= 4 is 40.7 Å². The molecule has 0 spiro atoms. The minimum absolute atomic E-state index is 0.289. The van der Waals surface area contributed by atoms with Gasteiger partial charge in [-0.05, 0) is 40.8 Å². The zero-order valence-electron chi connectivity index (χ0n) is 16.1. The summed E-state index contributed by atoms with van der Waals surface area (Å²) < 4.78 is 0. The first-order valence-electron chi connectivity index (χ1n) is 9.93. The maximum Gasteiger partial charge on any atom is 0.240 e. The van der Waals surface area contributed by atoms with Gasteiger partial charge in [0.1, 0.15) is 9.75 Å². The van der Waals surface area contributed by atoms with Crippen LogP contribution >= 0.6 is 23.2 Å². The van der Waals surface area contributed by atoms with E-state index < -0.39 is 21.6 Å². The molecule has 5 heteroatoms. The molecule has 0 saturated carbocycles. The lowest BCUT2D eigenvalue weighted by atomic mass is 9.54. The molecule has 2 bridgehead atoms. The SMILES string of the molecule is Cc1ccccc1N1C(=O)[C@H]2[C@H](C1=O)C1(Cl)c3ccccc3C2(Cl)c2ccccc21. The number of halogens is 2. The number of hydrogen-bond donors (Lipinski definition) is 0. The minimum Gasteiger partial charge on any atom is -0.274 e. The zero-order valence-corrected chi connectivity index (χ0v) is 17.6. The maximum atomic E-state index is 13.8. The van der Waals surface area contributed by atoms with Crippen LogP contribution in [0.4, 0.5) is 5.69 Å². The first-order chi connectivity index (χ1) is 14.4. The molecular weight excluding hydrogens is 417 g/mol. The van der Waals surface area contributed by atoms with Gasteiger partial charge in [-0.3, -0.25) is 9.59 Å². The van der Waals surface area contributed by atoms with Crippen molar-refractivity contribution in [3.8, 4) is 0 Å². The Hall–Kier alpha value is -2.62. The molecule has 3 aliphatic carbocycles. The van der Waals surface area contributed by atoms with Gasteiger partial charge in [-0.25, -0.2) is 4.90 Å². The monoisotopic (exact) mass is 433 g/mol. The third-order valence-electron chi connectivity index (χ3n) is 6.94. The first kappa shape index (κ1) is 18.2. The van der Waals surface area contributed by atoms with Crippen LogP contribution in [0.15, 0.2) is 72.8 Å². The quantitative estimate of drug-likeness (QED) is 0.395. The van der Waals surface area contributed by atoms with E-state index in [0.29, 0.717) is 5.69 Å². The van der Waals surface area contributed by atoms with Crippen molar-refractivity contribution in [3.05, 3.63) is 101 Å². The molecule has 2 amide bonds. The molecule has 0 N–H and O–H groups in total. The van der Waals surface area contributed by atoms with Gasteiger partial charge in [-0.1, -0.05) is 66.7 Å². The van der Waals surface area contributed by atoms with E-state index in [1.165, 1.54) is 4.90 Å². The molecule has 30 heavy (non-hydrogen) atoms. The number of amides is 2. The van der Waals surface area contributed by atoms with Crippen molar-refractivity contribution in [3.63, 3.8) is 0 Å². The summed E-state index contributed by atoms with van der Waals surface area (Å²) in [6, 6.07) is 22.7. The number of para-hydroxylation sites is 1. The summed E-state index contributed by atoms with van der Waals surface area (Å²) in [6.45, 7) is 1.89. The summed E-state index contributed by atoms with van der Waals surface area (Å²) in [4.78, 5) is 26.7. The van der Waals surface area contributed by atoms with Gasteiger partial charge in [0.15, 0.2) is 0 Å². The van der Waals surface area contributed by atoms with Crippen LogP contribution in [0.3, 0.4) is 0 Å². The molecular formula is C25H17Cl2NO2.